The van der Waals surface area contributed by atoms with Gasteiger partial charge in [0, 0.05) is 37.1 Å². The Labute approximate surface area is 120 Å². The van der Waals surface area contributed by atoms with E-state index in [9.17, 15) is 4.79 Å². The lowest BCUT2D eigenvalue weighted by atomic mass is 10.0. The molecule has 6 nitrogen and oxygen atoms in total. The Morgan fingerprint density at radius 2 is 2.55 bits per heavy atom. The van der Waals surface area contributed by atoms with Gasteiger partial charge in [-0.2, -0.15) is 5.10 Å². The maximum atomic E-state index is 12.2. The average molecular weight is 292 g/mol. The highest BCUT2D eigenvalue weighted by molar-refractivity contribution is 7.09. The molecule has 0 aliphatic carbocycles. The standard InChI is InChI=1S/C13H16N4O2S/c18-13(15-3-1-11-14-4-6-20-11)10-7-16-17-12(10)9-2-5-19-8-9/h4,6-7,9H,1-3,5,8H2,(H,15,18)(H,16,17)/t9-/m1/s1. The third-order valence-corrected chi connectivity index (χ3v) is 4.20. The van der Waals surface area contributed by atoms with Crippen LogP contribution >= 0.6 is 11.3 Å². The first kappa shape index (κ1) is 13.3. The highest BCUT2D eigenvalue weighted by Gasteiger charge is 2.24. The minimum Gasteiger partial charge on any atom is -0.381 e. The van der Waals surface area contributed by atoms with Crippen molar-refractivity contribution in [1.82, 2.24) is 20.5 Å². The Kier molecular flexibility index (Phi) is 4.08. The fraction of sp³-hybridized carbons (Fsp3) is 0.462. The van der Waals surface area contributed by atoms with Crippen molar-refractivity contribution in [2.45, 2.75) is 18.8 Å². The SMILES string of the molecule is O=C(NCCc1nccs1)c1cn[nH]c1[C@@H]1CCOC1. The number of hydrogen-bond acceptors (Lipinski definition) is 5. The minimum absolute atomic E-state index is 0.0859. The van der Waals surface area contributed by atoms with E-state index in [1.165, 1.54) is 0 Å². The Morgan fingerprint density at radius 1 is 1.60 bits per heavy atom. The molecule has 0 radical (unpaired) electrons. The highest BCUT2D eigenvalue weighted by atomic mass is 32.1. The van der Waals surface area contributed by atoms with Gasteiger partial charge in [0.1, 0.15) is 0 Å². The van der Waals surface area contributed by atoms with Gasteiger partial charge < -0.3 is 10.1 Å². The Morgan fingerprint density at radius 3 is 3.30 bits per heavy atom. The molecule has 3 heterocycles. The molecule has 1 saturated heterocycles. The zero-order valence-electron chi connectivity index (χ0n) is 11.0. The van der Waals surface area contributed by atoms with Crippen LogP contribution < -0.4 is 5.32 Å². The molecule has 2 aromatic heterocycles. The fourth-order valence-electron chi connectivity index (χ4n) is 2.31. The van der Waals surface area contributed by atoms with Crippen LogP contribution in [0.5, 0.6) is 0 Å². The van der Waals surface area contributed by atoms with Crippen molar-refractivity contribution < 1.29 is 9.53 Å². The molecule has 20 heavy (non-hydrogen) atoms. The molecular weight excluding hydrogens is 276 g/mol. The summed E-state index contributed by atoms with van der Waals surface area (Å²) in [4.78, 5) is 16.4. The van der Waals surface area contributed by atoms with Crippen molar-refractivity contribution in [3.63, 3.8) is 0 Å². The first-order valence-electron chi connectivity index (χ1n) is 6.62. The normalized spacial score (nSPS) is 18.3. The predicted molar refractivity (Wildman–Crippen MR) is 74.9 cm³/mol. The van der Waals surface area contributed by atoms with Crippen molar-refractivity contribution in [3.8, 4) is 0 Å². The van der Waals surface area contributed by atoms with Crippen molar-refractivity contribution >= 4 is 17.2 Å². The van der Waals surface area contributed by atoms with Gasteiger partial charge >= 0.3 is 0 Å². The number of ether oxygens (including phenoxy) is 1. The van der Waals surface area contributed by atoms with Crippen LogP contribution in [-0.2, 0) is 11.2 Å². The van der Waals surface area contributed by atoms with Crippen LogP contribution in [0.25, 0.3) is 0 Å². The third-order valence-electron chi connectivity index (χ3n) is 3.36. The van der Waals surface area contributed by atoms with Gasteiger partial charge in [-0.3, -0.25) is 9.89 Å². The molecule has 0 unspecified atom stereocenters. The lowest BCUT2D eigenvalue weighted by molar-refractivity contribution is 0.0952. The number of aromatic nitrogens is 3. The summed E-state index contributed by atoms with van der Waals surface area (Å²) in [5.74, 6) is 0.161. The number of aromatic amines is 1. The van der Waals surface area contributed by atoms with Gasteiger partial charge in [-0.25, -0.2) is 4.98 Å². The summed E-state index contributed by atoms with van der Waals surface area (Å²) in [6.45, 7) is 1.98. The molecule has 7 heteroatoms. The van der Waals surface area contributed by atoms with Crippen molar-refractivity contribution in [3.05, 3.63) is 34.0 Å². The van der Waals surface area contributed by atoms with Crippen LogP contribution in [0.3, 0.4) is 0 Å². The molecule has 0 bridgehead atoms. The summed E-state index contributed by atoms with van der Waals surface area (Å²) in [7, 11) is 0. The molecule has 0 saturated carbocycles. The molecule has 0 aromatic carbocycles. The van der Waals surface area contributed by atoms with Crippen molar-refractivity contribution in [2.24, 2.45) is 0 Å². The number of nitrogens with zero attached hydrogens (tertiary/aromatic N) is 2. The van der Waals surface area contributed by atoms with Gasteiger partial charge in [0.25, 0.3) is 5.91 Å². The van der Waals surface area contributed by atoms with E-state index in [1.54, 1.807) is 23.7 Å². The number of nitrogens with one attached hydrogen (secondary N) is 2. The molecule has 3 rings (SSSR count). The van der Waals surface area contributed by atoms with Gasteiger partial charge in [-0.1, -0.05) is 0 Å². The number of hydrogen-bond donors (Lipinski definition) is 2. The molecule has 1 amide bonds. The molecular formula is C13H16N4O2S. The number of H-pyrrole nitrogens is 1. The Bertz CT molecular complexity index is 561. The average Bonchev–Trinajstić information content (AvgIpc) is 3.19. The summed E-state index contributed by atoms with van der Waals surface area (Å²) in [6, 6.07) is 0. The number of carbonyl (C=O) groups excluding carboxylic acids is 1. The summed E-state index contributed by atoms with van der Waals surface area (Å²) >= 11 is 1.60. The lowest BCUT2D eigenvalue weighted by Crippen LogP contribution is -2.26. The van der Waals surface area contributed by atoms with E-state index in [2.05, 4.69) is 20.5 Å². The van der Waals surface area contributed by atoms with Gasteiger partial charge in [0.05, 0.1) is 29.1 Å². The van der Waals surface area contributed by atoms with Crippen molar-refractivity contribution in [1.29, 1.82) is 0 Å². The number of rotatable bonds is 5. The smallest absolute Gasteiger partial charge is 0.254 e. The maximum absolute atomic E-state index is 12.2. The zero-order valence-corrected chi connectivity index (χ0v) is 11.8. The van der Waals surface area contributed by atoms with Crippen LogP contribution in [0.1, 0.15) is 33.4 Å². The van der Waals surface area contributed by atoms with E-state index in [1.807, 2.05) is 5.38 Å². The molecule has 1 fully saturated rings. The van der Waals surface area contributed by atoms with E-state index >= 15 is 0 Å². The first-order valence-corrected chi connectivity index (χ1v) is 7.50. The van der Waals surface area contributed by atoms with Crippen molar-refractivity contribution in [2.75, 3.05) is 19.8 Å². The molecule has 106 valence electrons. The quantitative estimate of drug-likeness (QED) is 0.871. The first-order chi connectivity index (χ1) is 9.84. The van der Waals surface area contributed by atoms with E-state index in [4.69, 9.17) is 4.74 Å². The van der Waals surface area contributed by atoms with Gasteiger partial charge in [-0.15, -0.1) is 11.3 Å². The molecule has 0 spiro atoms. The minimum atomic E-state index is -0.0859. The summed E-state index contributed by atoms with van der Waals surface area (Å²) in [5.41, 5.74) is 1.51. The fourth-order valence-corrected chi connectivity index (χ4v) is 2.93. The second kappa shape index (κ2) is 6.15. The van der Waals surface area contributed by atoms with Crippen LogP contribution in [0, 0.1) is 0 Å². The number of thiazole rings is 1. The van der Waals surface area contributed by atoms with Gasteiger partial charge in [-0.05, 0) is 6.42 Å². The number of amides is 1. The number of carbonyl (C=O) groups is 1. The topological polar surface area (TPSA) is 79.9 Å². The largest absolute Gasteiger partial charge is 0.381 e. The third kappa shape index (κ3) is 2.88. The van der Waals surface area contributed by atoms with Gasteiger partial charge in [0.2, 0.25) is 0 Å². The second-order valence-electron chi connectivity index (χ2n) is 4.69. The summed E-state index contributed by atoms with van der Waals surface area (Å²) in [6.07, 6.45) is 5.05. The monoisotopic (exact) mass is 292 g/mol. The van der Waals surface area contributed by atoms with E-state index in [0.29, 0.717) is 18.7 Å². The molecule has 1 aliphatic heterocycles. The maximum Gasteiger partial charge on any atom is 0.254 e. The molecule has 2 N–H and O–H groups in total. The van der Waals surface area contributed by atoms with Crippen LogP contribution in [0.15, 0.2) is 17.8 Å². The highest BCUT2D eigenvalue weighted by Crippen LogP contribution is 2.25. The summed E-state index contributed by atoms with van der Waals surface area (Å²) in [5, 5.41) is 12.8. The van der Waals surface area contributed by atoms with Crippen LogP contribution in [0.2, 0.25) is 0 Å². The van der Waals surface area contributed by atoms with E-state index in [0.717, 1.165) is 30.2 Å². The van der Waals surface area contributed by atoms with Crippen LogP contribution in [-0.4, -0.2) is 40.8 Å². The molecule has 1 aliphatic rings. The molecule has 1 atom stereocenters. The Balaban J connectivity index is 1.58. The van der Waals surface area contributed by atoms with Gasteiger partial charge in [0.15, 0.2) is 0 Å². The van der Waals surface area contributed by atoms with Crippen LogP contribution in [0.4, 0.5) is 0 Å². The molecule has 2 aromatic rings. The lowest BCUT2D eigenvalue weighted by Gasteiger charge is -2.08. The zero-order chi connectivity index (χ0) is 13.8. The van der Waals surface area contributed by atoms with E-state index in [-0.39, 0.29) is 11.8 Å². The van der Waals surface area contributed by atoms with E-state index < -0.39 is 0 Å². The second-order valence-corrected chi connectivity index (χ2v) is 5.67. The summed E-state index contributed by atoms with van der Waals surface area (Å²) < 4.78 is 5.36. The Hall–Kier alpha value is -1.73. The predicted octanol–water partition coefficient (Wildman–Crippen LogP) is 1.34.